The Labute approximate surface area is 65.9 Å². The van der Waals surface area contributed by atoms with Crippen molar-refractivity contribution in [2.75, 3.05) is 6.61 Å². The molecule has 68 valence electrons. The van der Waals surface area contributed by atoms with Crippen molar-refractivity contribution >= 4 is 10.4 Å². The number of aliphatic hydroxyl groups excluding tert-OH is 1. The van der Waals surface area contributed by atoms with Gasteiger partial charge in [-0.25, -0.2) is 4.18 Å². The van der Waals surface area contributed by atoms with Gasteiger partial charge in [-0.1, -0.05) is 6.92 Å². The van der Waals surface area contributed by atoms with Gasteiger partial charge in [-0.15, -0.1) is 0 Å². The first kappa shape index (κ1) is 10.8. The maximum absolute atomic E-state index is 10.1. The Kier molecular flexibility index (Phi) is 4.58. The monoisotopic (exact) mass is 184 g/mol. The third-order valence-corrected chi connectivity index (χ3v) is 1.68. The number of hydrogen-bond acceptors (Lipinski definition) is 4. The highest BCUT2D eigenvalue weighted by Crippen LogP contribution is 2.05. The minimum atomic E-state index is -4.37. The summed E-state index contributed by atoms with van der Waals surface area (Å²) < 4.78 is 32.7. The maximum Gasteiger partial charge on any atom is 0.397 e. The summed E-state index contributed by atoms with van der Waals surface area (Å²) in [5.74, 6) is 0. The highest BCUT2D eigenvalue weighted by molar-refractivity contribution is 7.80. The van der Waals surface area contributed by atoms with Crippen LogP contribution in [-0.4, -0.2) is 30.8 Å². The molecule has 0 fully saturated rings. The van der Waals surface area contributed by atoms with Crippen LogP contribution in [0, 0.1) is 0 Å². The van der Waals surface area contributed by atoms with E-state index in [0.717, 1.165) is 0 Å². The molecule has 0 aliphatic carbocycles. The number of aliphatic hydroxyl groups is 1. The van der Waals surface area contributed by atoms with Crippen molar-refractivity contribution in [2.45, 2.75) is 25.9 Å². The van der Waals surface area contributed by atoms with Crippen LogP contribution in [0.15, 0.2) is 0 Å². The van der Waals surface area contributed by atoms with E-state index in [2.05, 4.69) is 4.18 Å². The molecule has 11 heavy (non-hydrogen) atoms. The molecule has 0 aromatic rings. The summed E-state index contributed by atoms with van der Waals surface area (Å²) >= 11 is 0. The zero-order chi connectivity index (χ0) is 8.91. The van der Waals surface area contributed by atoms with Crippen molar-refractivity contribution in [1.29, 1.82) is 0 Å². The molecule has 0 saturated carbocycles. The van der Waals surface area contributed by atoms with Crippen LogP contribution in [0.1, 0.15) is 19.8 Å². The molecule has 0 aliphatic rings. The van der Waals surface area contributed by atoms with Crippen molar-refractivity contribution in [3.05, 3.63) is 0 Å². The minimum Gasteiger partial charge on any atom is -0.396 e. The quantitative estimate of drug-likeness (QED) is 0.586. The lowest BCUT2D eigenvalue weighted by Crippen LogP contribution is -2.18. The highest BCUT2D eigenvalue weighted by Gasteiger charge is 2.13. The molecule has 5 nitrogen and oxygen atoms in total. The molecule has 0 rings (SSSR count). The third-order valence-electron chi connectivity index (χ3n) is 1.16. The van der Waals surface area contributed by atoms with E-state index in [1.165, 1.54) is 0 Å². The van der Waals surface area contributed by atoms with Crippen molar-refractivity contribution in [2.24, 2.45) is 0 Å². The molecule has 6 heteroatoms. The predicted molar refractivity (Wildman–Crippen MR) is 38.4 cm³/mol. The average molecular weight is 184 g/mol. The lowest BCUT2D eigenvalue weighted by Gasteiger charge is -2.10. The van der Waals surface area contributed by atoms with Gasteiger partial charge in [-0.3, -0.25) is 4.55 Å². The van der Waals surface area contributed by atoms with Crippen LogP contribution in [0.3, 0.4) is 0 Å². The van der Waals surface area contributed by atoms with Gasteiger partial charge in [-0.2, -0.15) is 8.42 Å². The zero-order valence-electron chi connectivity index (χ0n) is 6.23. The van der Waals surface area contributed by atoms with Gasteiger partial charge >= 0.3 is 10.4 Å². The Balaban J connectivity index is 3.88. The summed E-state index contributed by atoms with van der Waals surface area (Å²) in [6.07, 6.45) is 0.00593. The van der Waals surface area contributed by atoms with Gasteiger partial charge in [0.15, 0.2) is 0 Å². The first-order chi connectivity index (χ1) is 4.99. The Morgan fingerprint density at radius 2 is 2.09 bits per heavy atom. The van der Waals surface area contributed by atoms with E-state index in [9.17, 15) is 8.42 Å². The van der Waals surface area contributed by atoms with Gasteiger partial charge in [0.2, 0.25) is 0 Å². The van der Waals surface area contributed by atoms with Crippen molar-refractivity contribution in [3.63, 3.8) is 0 Å². The summed E-state index contributed by atoms with van der Waals surface area (Å²) in [5, 5.41) is 8.41. The third kappa shape index (κ3) is 6.24. The van der Waals surface area contributed by atoms with E-state index in [0.29, 0.717) is 6.42 Å². The smallest absolute Gasteiger partial charge is 0.396 e. The maximum atomic E-state index is 10.1. The van der Waals surface area contributed by atoms with E-state index in [1.807, 2.05) is 0 Å². The van der Waals surface area contributed by atoms with Crippen LogP contribution in [0.4, 0.5) is 0 Å². The van der Waals surface area contributed by atoms with Crippen molar-refractivity contribution in [3.8, 4) is 0 Å². The van der Waals surface area contributed by atoms with E-state index in [4.69, 9.17) is 9.66 Å². The Bertz CT molecular complexity index is 185. The molecule has 0 aliphatic heterocycles. The van der Waals surface area contributed by atoms with Crippen LogP contribution in [-0.2, 0) is 14.6 Å². The molecule has 0 saturated heterocycles. The van der Waals surface area contributed by atoms with E-state index >= 15 is 0 Å². The summed E-state index contributed by atoms with van der Waals surface area (Å²) in [5.41, 5.74) is 0. The molecule has 0 aromatic heterocycles. The second-order valence-corrected chi connectivity index (χ2v) is 3.11. The zero-order valence-corrected chi connectivity index (χ0v) is 7.04. The second-order valence-electron chi connectivity index (χ2n) is 2.07. The largest absolute Gasteiger partial charge is 0.397 e. The molecule has 0 heterocycles. The second kappa shape index (κ2) is 4.66. The highest BCUT2D eigenvalue weighted by atomic mass is 32.3. The molecular formula is C5H12O5S. The fraction of sp³-hybridized carbons (Fsp3) is 1.00. The van der Waals surface area contributed by atoms with Gasteiger partial charge in [-0.05, 0) is 12.8 Å². The lowest BCUT2D eigenvalue weighted by molar-refractivity contribution is 0.140. The van der Waals surface area contributed by atoms with Crippen LogP contribution in [0.25, 0.3) is 0 Å². The fourth-order valence-corrected chi connectivity index (χ4v) is 1.21. The Morgan fingerprint density at radius 3 is 2.36 bits per heavy atom. The standard InChI is InChI=1S/C5H12O5S/c1-2-5(3-4-6)10-11(7,8)9/h5-6H,2-4H2,1H3,(H,7,8,9). The molecular weight excluding hydrogens is 172 g/mol. The van der Waals surface area contributed by atoms with Crippen LogP contribution in [0.2, 0.25) is 0 Å². The Hall–Kier alpha value is -0.170. The molecule has 0 spiro atoms. The Morgan fingerprint density at radius 1 is 1.55 bits per heavy atom. The van der Waals surface area contributed by atoms with Crippen LogP contribution < -0.4 is 0 Å². The SMILES string of the molecule is CCC(CCO)OS(=O)(=O)O. The van der Waals surface area contributed by atoms with Gasteiger partial charge in [0, 0.05) is 6.61 Å². The summed E-state index contributed by atoms with van der Waals surface area (Å²) in [7, 11) is -4.37. The molecule has 0 amide bonds. The van der Waals surface area contributed by atoms with Gasteiger partial charge in [0.05, 0.1) is 6.10 Å². The molecule has 0 bridgehead atoms. The van der Waals surface area contributed by atoms with E-state index in [-0.39, 0.29) is 13.0 Å². The topological polar surface area (TPSA) is 83.8 Å². The molecule has 0 radical (unpaired) electrons. The summed E-state index contributed by atoms with van der Waals surface area (Å²) in [6, 6.07) is 0. The number of hydrogen-bond donors (Lipinski definition) is 2. The molecule has 1 atom stereocenters. The summed E-state index contributed by atoms with van der Waals surface area (Å²) in [6.45, 7) is 1.54. The number of rotatable bonds is 5. The summed E-state index contributed by atoms with van der Waals surface area (Å²) in [4.78, 5) is 0. The van der Waals surface area contributed by atoms with Gasteiger partial charge in [0.1, 0.15) is 0 Å². The van der Waals surface area contributed by atoms with Crippen molar-refractivity contribution < 1.29 is 22.3 Å². The van der Waals surface area contributed by atoms with Crippen LogP contribution in [0.5, 0.6) is 0 Å². The minimum absolute atomic E-state index is 0.159. The van der Waals surface area contributed by atoms with Gasteiger partial charge in [0.25, 0.3) is 0 Å². The molecule has 2 N–H and O–H groups in total. The fourth-order valence-electron chi connectivity index (χ4n) is 0.636. The van der Waals surface area contributed by atoms with Crippen LogP contribution >= 0.6 is 0 Å². The first-order valence-electron chi connectivity index (χ1n) is 3.26. The average Bonchev–Trinajstić information content (AvgIpc) is 1.84. The normalized spacial score (nSPS) is 14.8. The predicted octanol–water partition coefficient (Wildman–Crippen LogP) is -0.0332. The van der Waals surface area contributed by atoms with E-state index in [1.54, 1.807) is 6.92 Å². The molecule has 0 aromatic carbocycles. The van der Waals surface area contributed by atoms with Crippen molar-refractivity contribution in [1.82, 2.24) is 0 Å². The first-order valence-corrected chi connectivity index (χ1v) is 4.62. The molecule has 1 unspecified atom stereocenters. The lowest BCUT2D eigenvalue weighted by atomic mass is 10.2. The van der Waals surface area contributed by atoms with E-state index < -0.39 is 16.5 Å². The van der Waals surface area contributed by atoms with Gasteiger partial charge < -0.3 is 5.11 Å².